The van der Waals surface area contributed by atoms with E-state index < -0.39 is 0 Å². The van der Waals surface area contributed by atoms with Crippen LogP contribution in [0.5, 0.6) is 11.5 Å². The van der Waals surface area contributed by atoms with Gasteiger partial charge in [0.2, 0.25) is 5.13 Å². The number of amides is 1. The Morgan fingerprint density at radius 3 is 2.75 bits per heavy atom. The minimum Gasteiger partial charge on any atom is -0.493 e. The molecule has 0 bridgehead atoms. The first-order chi connectivity index (χ1) is 15.7. The van der Waals surface area contributed by atoms with Gasteiger partial charge in [-0.15, -0.1) is 10.2 Å². The Labute approximate surface area is 189 Å². The molecule has 2 aromatic carbocycles. The van der Waals surface area contributed by atoms with Crippen LogP contribution in [0.2, 0.25) is 0 Å². The van der Waals surface area contributed by atoms with Crippen LogP contribution < -0.4 is 14.8 Å². The molecule has 2 aromatic heterocycles. The number of nitrogens with zero attached hydrogens (tertiary/aromatic N) is 3. The zero-order chi connectivity index (χ0) is 21.9. The Hall–Kier alpha value is -3.78. The summed E-state index contributed by atoms with van der Waals surface area (Å²) < 4.78 is 11.8. The molecule has 1 amide bonds. The number of rotatable bonds is 6. The van der Waals surface area contributed by atoms with Gasteiger partial charge >= 0.3 is 0 Å². The van der Waals surface area contributed by atoms with Crippen LogP contribution in [-0.2, 0) is 6.42 Å². The number of hydrogen-bond acceptors (Lipinski definition) is 7. The van der Waals surface area contributed by atoms with Gasteiger partial charge < -0.3 is 9.47 Å². The summed E-state index contributed by atoms with van der Waals surface area (Å²) in [6.45, 7) is 0. The van der Waals surface area contributed by atoms with Gasteiger partial charge in [0.1, 0.15) is 11.1 Å². The first kappa shape index (κ1) is 20.1. The molecule has 1 unspecified atom stereocenters. The summed E-state index contributed by atoms with van der Waals surface area (Å²) in [5.74, 6) is 0.830. The van der Waals surface area contributed by atoms with Crippen LogP contribution in [-0.4, -0.2) is 28.2 Å². The average molecular weight is 445 g/mol. The van der Waals surface area contributed by atoms with Crippen LogP contribution in [0.15, 0.2) is 67.0 Å². The van der Waals surface area contributed by atoms with Gasteiger partial charge in [0.25, 0.3) is 5.91 Å². The lowest BCUT2D eigenvalue weighted by Crippen LogP contribution is -2.12. The Bertz CT molecular complexity index is 1260. The van der Waals surface area contributed by atoms with E-state index in [-0.39, 0.29) is 12.0 Å². The van der Waals surface area contributed by atoms with Gasteiger partial charge in [-0.25, -0.2) is 0 Å². The minimum absolute atomic E-state index is 0.0206. The number of fused-ring (bicyclic) bond motifs is 1. The standard InChI is InChI=1S/C24H20N4O3S/c1-30-21-14-17(7-9-20(21)31-19-8-6-15-4-2-3-5-18(15)19)22(29)26-24-28-27-23(32-24)16-10-12-25-13-11-16/h2-5,7,9-14,19H,6,8H2,1H3,(H,26,28,29). The van der Waals surface area contributed by atoms with Crippen molar-refractivity contribution in [2.75, 3.05) is 12.4 Å². The zero-order valence-corrected chi connectivity index (χ0v) is 18.1. The molecular formula is C24H20N4O3S. The van der Waals surface area contributed by atoms with Gasteiger partial charge in [-0.1, -0.05) is 35.6 Å². The highest BCUT2D eigenvalue weighted by molar-refractivity contribution is 7.18. The molecule has 7 nitrogen and oxygen atoms in total. The molecule has 1 N–H and O–H groups in total. The monoisotopic (exact) mass is 444 g/mol. The third-order valence-corrected chi connectivity index (χ3v) is 6.23. The van der Waals surface area contributed by atoms with E-state index >= 15 is 0 Å². The van der Waals surface area contributed by atoms with Crippen LogP contribution in [0.1, 0.15) is 34.0 Å². The van der Waals surface area contributed by atoms with E-state index in [1.165, 1.54) is 22.5 Å². The number of pyridine rings is 1. The van der Waals surface area contributed by atoms with Gasteiger partial charge in [0, 0.05) is 23.5 Å². The summed E-state index contributed by atoms with van der Waals surface area (Å²) >= 11 is 1.30. The zero-order valence-electron chi connectivity index (χ0n) is 17.3. The molecule has 0 saturated heterocycles. The number of aryl methyl sites for hydroxylation is 1. The van der Waals surface area contributed by atoms with Gasteiger partial charge in [0.05, 0.1) is 7.11 Å². The number of benzene rings is 2. The molecule has 32 heavy (non-hydrogen) atoms. The lowest BCUT2D eigenvalue weighted by molar-refractivity contribution is 0.102. The molecular weight excluding hydrogens is 424 g/mol. The second-order valence-corrected chi connectivity index (χ2v) is 8.29. The van der Waals surface area contributed by atoms with E-state index in [4.69, 9.17) is 9.47 Å². The van der Waals surface area contributed by atoms with E-state index in [0.29, 0.717) is 27.2 Å². The second-order valence-electron chi connectivity index (χ2n) is 7.31. The smallest absolute Gasteiger partial charge is 0.257 e. The number of methoxy groups -OCH3 is 1. The van der Waals surface area contributed by atoms with Crippen LogP contribution >= 0.6 is 11.3 Å². The molecule has 2 heterocycles. The fourth-order valence-corrected chi connectivity index (χ4v) is 4.50. The maximum Gasteiger partial charge on any atom is 0.257 e. The number of carbonyl (C=O) groups excluding carboxylic acids is 1. The highest BCUT2D eigenvalue weighted by Crippen LogP contribution is 2.38. The van der Waals surface area contributed by atoms with Gasteiger partial charge in [-0.2, -0.15) is 0 Å². The maximum absolute atomic E-state index is 12.8. The highest BCUT2D eigenvalue weighted by Gasteiger charge is 2.25. The van der Waals surface area contributed by atoms with Crippen molar-refractivity contribution in [2.24, 2.45) is 0 Å². The topological polar surface area (TPSA) is 86.2 Å². The van der Waals surface area contributed by atoms with Gasteiger partial charge in [0.15, 0.2) is 11.5 Å². The second kappa shape index (κ2) is 8.76. The van der Waals surface area contributed by atoms with Crippen molar-refractivity contribution in [3.63, 3.8) is 0 Å². The Morgan fingerprint density at radius 2 is 1.91 bits per heavy atom. The third-order valence-electron chi connectivity index (χ3n) is 5.35. The number of ether oxygens (including phenoxy) is 2. The number of hydrogen-bond donors (Lipinski definition) is 1. The molecule has 0 saturated carbocycles. The SMILES string of the molecule is COc1cc(C(=O)Nc2nnc(-c3ccncc3)s2)ccc1OC1CCc2ccccc21. The number of carbonyl (C=O) groups is 1. The highest BCUT2D eigenvalue weighted by atomic mass is 32.1. The summed E-state index contributed by atoms with van der Waals surface area (Å²) in [5, 5.41) is 12.1. The van der Waals surface area contributed by atoms with E-state index in [0.717, 1.165) is 18.4 Å². The summed E-state index contributed by atoms with van der Waals surface area (Å²) in [6.07, 6.45) is 5.27. The molecule has 0 radical (unpaired) electrons. The van der Waals surface area contributed by atoms with E-state index in [1.807, 2.05) is 24.3 Å². The van der Waals surface area contributed by atoms with Gasteiger partial charge in [-0.05, 0) is 54.3 Å². The largest absolute Gasteiger partial charge is 0.493 e. The molecule has 1 atom stereocenters. The van der Waals surface area contributed by atoms with E-state index in [9.17, 15) is 4.79 Å². The predicted octanol–water partition coefficient (Wildman–Crippen LogP) is 4.93. The molecule has 4 aromatic rings. The van der Waals surface area contributed by atoms with Crippen molar-refractivity contribution >= 4 is 22.4 Å². The Balaban J connectivity index is 1.31. The van der Waals surface area contributed by atoms with Crippen molar-refractivity contribution in [3.05, 3.63) is 83.7 Å². The van der Waals surface area contributed by atoms with E-state index in [1.54, 1.807) is 37.7 Å². The number of nitrogens with one attached hydrogen (secondary N) is 1. The molecule has 1 aliphatic rings. The van der Waals surface area contributed by atoms with Crippen LogP contribution in [0, 0.1) is 0 Å². The van der Waals surface area contributed by atoms with Gasteiger partial charge in [-0.3, -0.25) is 15.1 Å². The lowest BCUT2D eigenvalue weighted by atomic mass is 10.1. The Morgan fingerprint density at radius 1 is 1.06 bits per heavy atom. The molecule has 0 aliphatic heterocycles. The van der Waals surface area contributed by atoms with E-state index in [2.05, 4.69) is 32.6 Å². The van der Waals surface area contributed by atoms with Crippen molar-refractivity contribution in [2.45, 2.75) is 18.9 Å². The quantitative estimate of drug-likeness (QED) is 0.454. The Kier molecular flexibility index (Phi) is 5.51. The third kappa shape index (κ3) is 4.04. The summed E-state index contributed by atoms with van der Waals surface area (Å²) in [4.78, 5) is 16.8. The molecule has 160 valence electrons. The number of anilines is 1. The average Bonchev–Trinajstić information content (AvgIpc) is 3.47. The van der Waals surface area contributed by atoms with Crippen LogP contribution in [0.3, 0.4) is 0 Å². The molecule has 8 heteroatoms. The summed E-state index contributed by atoms with van der Waals surface area (Å²) in [6, 6.07) is 17.2. The van der Waals surface area contributed by atoms with Crippen molar-refractivity contribution in [1.29, 1.82) is 0 Å². The number of aromatic nitrogens is 3. The van der Waals surface area contributed by atoms with Crippen molar-refractivity contribution in [1.82, 2.24) is 15.2 Å². The fourth-order valence-electron chi connectivity index (χ4n) is 3.75. The summed E-state index contributed by atoms with van der Waals surface area (Å²) in [5.41, 5.74) is 3.87. The molecule has 1 aliphatic carbocycles. The lowest BCUT2D eigenvalue weighted by Gasteiger charge is -2.17. The molecule has 0 spiro atoms. The first-order valence-corrected chi connectivity index (χ1v) is 11.0. The maximum atomic E-state index is 12.8. The van der Waals surface area contributed by atoms with Crippen molar-refractivity contribution in [3.8, 4) is 22.1 Å². The normalized spacial score (nSPS) is 14.6. The first-order valence-electron chi connectivity index (χ1n) is 10.2. The summed E-state index contributed by atoms with van der Waals surface area (Å²) in [7, 11) is 1.57. The predicted molar refractivity (Wildman–Crippen MR) is 122 cm³/mol. The molecule has 5 rings (SSSR count). The molecule has 0 fully saturated rings. The minimum atomic E-state index is -0.293. The van der Waals surface area contributed by atoms with Crippen molar-refractivity contribution < 1.29 is 14.3 Å². The fraction of sp³-hybridized carbons (Fsp3) is 0.167. The van der Waals surface area contributed by atoms with Crippen LogP contribution in [0.4, 0.5) is 5.13 Å². The van der Waals surface area contributed by atoms with Crippen LogP contribution in [0.25, 0.3) is 10.6 Å².